The molecule has 2 rings (SSSR count). The smallest absolute Gasteiger partial charge is 0.311 e. The van der Waals surface area contributed by atoms with Gasteiger partial charge in [0.2, 0.25) is 0 Å². The summed E-state index contributed by atoms with van der Waals surface area (Å²) < 4.78 is 5.50. The van der Waals surface area contributed by atoms with Gasteiger partial charge in [0.25, 0.3) is 0 Å². The van der Waals surface area contributed by atoms with Gasteiger partial charge in [0.15, 0.2) is 0 Å². The van der Waals surface area contributed by atoms with Crippen LogP contribution >= 0.6 is 0 Å². The first-order valence-corrected chi connectivity index (χ1v) is 7.80. The maximum atomic E-state index is 11.8. The van der Waals surface area contributed by atoms with Crippen LogP contribution in [0.1, 0.15) is 56.9 Å². The first kappa shape index (κ1) is 14.8. The van der Waals surface area contributed by atoms with Gasteiger partial charge in [-0.15, -0.1) is 0 Å². The molecule has 108 valence electrons. The second kappa shape index (κ2) is 8.57. The molecule has 1 aliphatic rings. The standard InChI is InChI=1S/C18H24O2/c19-18-15-9-7-5-3-1-2-4-6-8-12-16-13-10-11-14-17(16)20-18/h6,8,10-11,13-14H,1-5,7,9,12,15H2/b8-6+. The highest BCUT2D eigenvalue weighted by Gasteiger charge is 2.08. The summed E-state index contributed by atoms with van der Waals surface area (Å²) in [6.07, 6.45) is 14.1. The number of allylic oxidation sites excluding steroid dienone is 2. The molecule has 2 nitrogen and oxygen atoms in total. The molecule has 0 bridgehead atoms. The van der Waals surface area contributed by atoms with Crippen LogP contribution in [0.25, 0.3) is 0 Å². The average molecular weight is 272 g/mol. The van der Waals surface area contributed by atoms with Crippen LogP contribution in [-0.4, -0.2) is 5.97 Å². The minimum absolute atomic E-state index is 0.101. The van der Waals surface area contributed by atoms with Crippen molar-refractivity contribution in [2.75, 3.05) is 0 Å². The molecule has 0 unspecified atom stereocenters. The molecule has 0 amide bonds. The number of esters is 1. The third-order valence-corrected chi connectivity index (χ3v) is 3.70. The number of hydrogen-bond acceptors (Lipinski definition) is 2. The molecule has 1 aromatic carbocycles. The van der Waals surface area contributed by atoms with E-state index < -0.39 is 0 Å². The van der Waals surface area contributed by atoms with Gasteiger partial charge in [0.05, 0.1) is 0 Å². The van der Waals surface area contributed by atoms with Crippen molar-refractivity contribution >= 4 is 5.97 Å². The minimum Gasteiger partial charge on any atom is -0.426 e. The zero-order chi connectivity index (χ0) is 14.0. The fourth-order valence-electron chi connectivity index (χ4n) is 2.51. The number of hydrogen-bond donors (Lipinski definition) is 0. The Morgan fingerprint density at radius 1 is 0.850 bits per heavy atom. The van der Waals surface area contributed by atoms with Gasteiger partial charge in [-0.3, -0.25) is 4.79 Å². The van der Waals surface area contributed by atoms with Gasteiger partial charge in [0.1, 0.15) is 5.75 Å². The van der Waals surface area contributed by atoms with Gasteiger partial charge in [0, 0.05) is 6.42 Å². The average Bonchev–Trinajstić information content (AvgIpc) is 2.46. The number of rotatable bonds is 0. The summed E-state index contributed by atoms with van der Waals surface area (Å²) in [6, 6.07) is 7.84. The normalized spacial score (nSPS) is 20.1. The zero-order valence-corrected chi connectivity index (χ0v) is 12.1. The summed E-state index contributed by atoms with van der Waals surface area (Å²) >= 11 is 0. The predicted octanol–water partition coefficient (Wildman–Crippen LogP) is 4.83. The Bertz CT molecular complexity index is 448. The van der Waals surface area contributed by atoms with E-state index in [0.717, 1.165) is 37.0 Å². The number of ether oxygens (including phenoxy) is 1. The first-order valence-electron chi connectivity index (χ1n) is 7.80. The Morgan fingerprint density at radius 3 is 2.50 bits per heavy atom. The molecule has 0 radical (unpaired) electrons. The van der Waals surface area contributed by atoms with Crippen LogP contribution in [0.2, 0.25) is 0 Å². The molecule has 0 aliphatic carbocycles. The highest BCUT2D eigenvalue weighted by Crippen LogP contribution is 2.20. The predicted molar refractivity (Wildman–Crippen MR) is 81.9 cm³/mol. The Kier molecular flexibility index (Phi) is 6.36. The van der Waals surface area contributed by atoms with Crippen molar-refractivity contribution in [2.45, 2.75) is 57.8 Å². The van der Waals surface area contributed by atoms with Crippen LogP contribution in [-0.2, 0) is 11.2 Å². The number of benzene rings is 1. The van der Waals surface area contributed by atoms with Crippen LogP contribution in [0.15, 0.2) is 36.4 Å². The third kappa shape index (κ3) is 5.20. The van der Waals surface area contributed by atoms with E-state index in [0.29, 0.717) is 6.42 Å². The Labute approximate surface area is 121 Å². The molecule has 0 fully saturated rings. The second-order valence-corrected chi connectivity index (χ2v) is 5.42. The van der Waals surface area contributed by atoms with Gasteiger partial charge in [-0.25, -0.2) is 0 Å². The fourth-order valence-corrected chi connectivity index (χ4v) is 2.51. The molecular weight excluding hydrogens is 248 g/mol. The van der Waals surface area contributed by atoms with Crippen LogP contribution in [0.5, 0.6) is 5.75 Å². The summed E-state index contributed by atoms with van der Waals surface area (Å²) in [5.74, 6) is 0.619. The van der Waals surface area contributed by atoms with Crippen LogP contribution in [0.3, 0.4) is 0 Å². The highest BCUT2D eigenvalue weighted by atomic mass is 16.5. The summed E-state index contributed by atoms with van der Waals surface area (Å²) in [6.45, 7) is 0. The molecule has 0 N–H and O–H groups in total. The van der Waals surface area contributed by atoms with Crippen LogP contribution < -0.4 is 4.74 Å². The van der Waals surface area contributed by atoms with E-state index in [4.69, 9.17) is 4.74 Å². The summed E-state index contributed by atoms with van der Waals surface area (Å²) in [4.78, 5) is 11.8. The lowest BCUT2D eigenvalue weighted by Gasteiger charge is -2.08. The molecule has 20 heavy (non-hydrogen) atoms. The van der Waals surface area contributed by atoms with Crippen molar-refractivity contribution in [3.8, 4) is 5.75 Å². The van der Waals surface area contributed by atoms with E-state index in [2.05, 4.69) is 12.2 Å². The Hall–Kier alpha value is -1.57. The van der Waals surface area contributed by atoms with E-state index in [9.17, 15) is 4.79 Å². The van der Waals surface area contributed by atoms with Crippen molar-refractivity contribution in [3.05, 3.63) is 42.0 Å². The summed E-state index contributed by atoms with van der Waals surface area (Å²) in [5, 5.41) is 0. The van der Waals surface area contributed by atoms with E-state index in [-0.39, 0.29) is 5.97 Å². The third-order valence-electron chi connectivity index (χ3n) is 3.70. The Morgan fingerprint density at radius 2 is 1.60 bits per heavy atom. The first-order chi connectivity index (χ1) is 9.86. The molecule has 1 aromatic rings. The topological polar surface area (TPSA) is 26.3 Å². The quantitative estimate of drug-likeness (QED) is 0.384. The summed E-state index contributed by atoms with van der Waals surface area (Å²) in [5.41, 5.74) is 1.09. The maximum Gasteiger partial charge on any atom is 0.311 e. The largest absolute Gasteiger partial charge is 0.426 e. The van der Waals surface area contributed by atoms with Gasteiger partial charge in [-0.1, -0.05) is 56.0 Å². The van der Waals surface area contributed by atoms with Crippen molar-refractivity contribution in [1.29, 1.82) is 0 Å². The molecule has 0 saturated heterocycles. The molecule has 0 aromatic heterocycles. The maximum absolute atomic E-state index is 11.8. The lowest BCUT2D eigenvalue weighted by molar-refractivity contribution is -0.134. The van der Waals surface area contributed by atoms with E-state index in [1.807, 2.05) is 24.3 Å². The molecule has 0 spiro atoms. The molecule has 0 saturated carbocycles. The number of para-hydroxylation sites is 1. The monoisotopic (exact) mass is 272 g/mol. The zero-order valence-electron chi connectivity index (χ0n) is 12.1. The SMILES string of the molecule is O=C1CCCCCCCC/C=C/Cc2ccccc2O1. The molecule has 1 heterocycles. The fraction of sp³-hybridized carbons (Fsp3) is 0.500. The van der Waals surface area contributed by atoms with Gasteiger partial charge < -0.3 is 4.74 Å². The lowest BCUT2D eigenvalue weighted by atomic mass is 10.1. The molecule has 1 aliphatic heterocycles. The molecular formula is C18H24O2. The summed E-state index contributed by atoms with van der Waals surface area (Å²) in [7, 11) is 0. The molecule has 0 atom stereocenters. The minimum atomic E-state index is -0.101. The van der Waals surface area contributed by atoms with Crippen LogP contribution in [0.4, 0.5) is 0 Å². The van der Waals surface area contributed by atoms with Crippen molar-refractivity contribution in [3.63, 3.8) is 0 Å². The lowest BCUT2D eigenvalue weighted by Crippen LogP contribution is -2.08. The van der Waals surface area contributed by atoms with Crippen molar-refractivity contribution < 1.29 is 9.53 Å². The van der Waals surface area contributed by atoms with Gasteiger partial charge in [-0.2, -0.15) is 0 Å². The van der Waals surface area contributed by atoms with Crippen LogP contribution in [0, 0.1) is 0 Å². The van der Waals surface area contributed by atoms with E-state index in [1.165, 1.54) is 25.7 Å². The second-order valence-electron chi connectivity index (χ2n) is 5.42. The number of fused-ring (bicyclic) bond motifs is 1. The Balaban J connectivity index is 2.03. The van der Waals surface area contributed by atoms with E-state index in [1.54, 1.807) is 0 Å². The number of carbonyl (C=O) groups excluding carboxylic acids is 1. The number of carbonyl (C=O) groups is 1. The van der Waals surface area contributed by atoms with Gasteiger partial charge in [-0.05, 0) is 37.3 Å². The van der Waals surface area contributed by atoms with Gasteiger partial charge >= 0.3 is 5.97 Å². The van der Waals surface area contributed by atoms with Crippen molar-refractivity contribution in [1.82, 2.24) is 0 Å². The highest BCUT2D eigenvalue weighted by molar-refractivity contribution is 5.72. The van der Waals surface area contributed by atoms with E-state index >= 15 is 0 Å². The molecule has 2 heteroatoms. The van der Waals surface area contributed by atoms with Crippen molar-refractivity contribution in [2.24, 2.45) is 0 Å².